The smallest absolute Gasteiger partial charge is 0.316 e. The lowest BCUT2D eigenvalue weighted by molar-refractivity contribution is -0.924. The summed E-state index contributed by atoms with van der Waals surface area (Å²) in [5, 5.41) is 19.6. The summed E-state index contributed by atoms with van der Waals surface area (Å²) >= 11 is 0. The van der Waals surface area contributed by atoms with Crippen molar-refractivity contribution in [2.45, 2.75) is 49.5 Å². The highest BCUT2D eigenvalue weighted by Crippen LogP contribution is 2.27. The van der Waals surface area contributed by atoms with Gasteiger partial charge in [-0.05, 0) is 5.56 Å². The molecule has 2 fully saturated rings. The number of hydrogen-bond donors (Lipinski definition) is 3. The van der Waals surface area contributed by atoms with Crippen molar-refractivity contribution in [3.8, 4) is 0 Å². The zero-order valence-corrected chi connectivity index (χ0v) is 12.8. The van der Waals surface area contributed by atoms with Crippen LogP contribution in [0.2, 0.25) is 0 Å². The van der Waals surface area contributed by atoms with E-state index in [-0.39, 0.29) is 30.8 Å². The molecule has 2 bridgehead atoms. The summed E-state index contributed by atoms with van der Waals surface area (Å²) in [6.07, 6.45) is 1.82. The molecule has 5 nitrogen and oxygen atoms in total. The zero-order chi connectivity index (χ0) is 15.7. The number of quaternary nitrogens is 1. The maximum atomic E-state index is 12.4. The second-order valence-electron chi connectivity index (χ2n) is 6.53. The summed E-state index contributed by atoms with van der Waals surface area (Å²) in [5.74, 6) is -0.997. The van der Waals surface area contributed by atoms with Crippen LogP contribution in [-0.2, 0) is 9.53 Å². The van der Waals surface area contributed by atoms with Gasteiger partial charge in [0, 0.05) is 19.3 Å². The van der Waals surface area contributed by atoms with Gasteiger partial charge in [-0.25, -0.2) is 0 Å². The molecular formula is C17H24NO4+. The highest BCUT2D eigenvalue weighted by Gasteiger charge is 2.49. The van der Waals surface area contributed by atoms with Crippen LogP contribution in [0, 0.1) is 0 Å². The minimum atomic E-state index is -0.629. The molecule has 1 aromatic rings. The summed E-state index contributed by atoms with van der Waals surface area (Å²) in [7, 11) is 2.10. The van der Waals surface area contributed by atoms with Gasteiger partial charge in [-0.1, -0.05) is 30.3 Å². The number of fused-ring (bicyclic) bond motifs is 2. The molecule has 6 atom stereocenters. The Bertz CT molecular complexity index is 521. The van der Waals surface area contributed by atoms with Crippen LogP contribution in [0.3, 0.4) is 0 Å². The van der Waals surface area contributed by atoms with E-state index in [1.54, 1.807) is 0 Å². The Morgan fingerprint density at radius 3 is 2.68 bits per heavy atom. The second kappa shape index (κ2) is 6.36. The lowest BCUT2D eigenvalue weighted by Crippen LogP contribution is -3.16. The van der Waals surface area contributed by atoms with E-state index in [9.17, 15) is 15.0 Å². The predicted molar refractivity (Wildman–Crippen MR) is 80.5 cm³/mol. The Balaban J connectivity index is 1.65. The molecule has 0 spiro atoms. The summed E-state index contributed by atoms with van der Waals surface area (Å²) in [6.45, 7) is -0.254. The first-order chi connectivity index (χ1) is 10.6. The van der Waals surface area contributed by atoms with Gasteiger partial charge in [-0.3, -0.25) is 4.79 Å². The maximum Gasteiger partial charge on any atom is 0.316 e. The topological polar surface area (TPSA) is 71.2 Å². The van der Waals surface area contributed by atoms with E-state index in [1.807, 2.05) is 30.3 Å². The van der Waals surface area contributed by atoms with Crippen molar-refractivity contribution in [1.82, 2.24) is 0 Å². The molecule has 0 radical (unpaired) electrons. The van der Waals surface area contributed by atoms with Crippen LogP contribution in [-0.4, -0.2) is 54.1 Å². The van der Waals surface area contributed by atoms with Crippen LogP contribution >= 0.6 is 0 Å². The number of likely N-dealkylation sites (N-methyl/N-ethyl adjacent to an activating group) is 1. The van der Waals surface area contributed by atoms with Gasteiger partial charge in [0.1, 0.15) is 24.2 Å². The fraction of sp³-hybridized carbons (Fsp3) is 0.588. The molecule has 3 N–H and O–H groups in total. The molecule has 2 saturated heterocycles. The first-order valence-electron chi connectivity index (χ1n) is 7.97. The number of nitrogens with one attached hydrogen (secondary N) is 1. The SMILES string of the molecule is C[NH+]1[C@@H]2C[C@@H](OC(=O)[C@H](CO)c3ccccc3)C[C@H]1[C@H](O)C2. The highest BCUT2D eigenvalue weighted by atomic mass is 16.5. The summed E-state index contributed by atoms with van der Waals surface area (Å²) in [4.78, 5) is 13.7. The predicted octanol–water partition coefficient (Wildman–Crippen LogP) is -0.515. The Morgan fingerprint density at radius 1 is 1.32 bits per heavy atom. The van der Waals surface area contributed by atoms with Gasteiger partial charge in [0.05, 0.1) is 19.7 Å². The highest BCUT2D eigenvalue weighted by molar-refractivity contribution is 5.78. The summed E-state index contributed by atoms with van der Waals surface area (Å²) < 4.78 is 5.65. The average Bonchev–Trinajstić information content (AvgIpc) is 2.68. The largest absolute Gasteiger partial charge is 0.461 e. The molecule has 5 heteroatoms. The molecule has 0 saturated carbocycles. The number of piperidine rings is 1. The van der Waals surface area contributed by atoms with Gasteiger partial charge < -0.3 is 19.8 Å². The Morgan fingerprint density at radius 2 is 2.05 bits per heavy atom. The molecule has 2 aliphatic heterocycles. The van der Waals surface area contributed by atoms with Crippen LogP contribution in [0.15, 0.2) is 30.3 Å². The van der Waals surface area contributed by atoms with E-state index in [0.717, 1.165) is 18.4 Å². The second-order valence-corrected chi connectivity index (χ2v) is 6.53. The first-order valence-corrected chi connectivity index (χ1v) is 7.97. The van der Waals surface area contributed by atoms with Crippen molar-refractivity contribution in [2.75, 3.05) is 13.7 Å². The number of carbonyl (C=O) groups excluding carboxylic acids is 1. The third kappa shape index (κ3) is 2.89. The normalized spacial score (nSPS) is 35.1. The van der Waals surface area contributed by atoms with Crippen molar-refractivity contribution >= 4 is 5.97 Å². The number of esters is 1. The number of benzene rings is 1. The molecule has 0 aliphatic carbocycles. The number of hydrogen-bond acceptors (Lipinski definition) is 4. The van der Waals surface area contributed by atoms with Crippen molar-refractivity contribution < 1.29 is 24.6 Å². The van der Waals surface area contributed by atoms with E-state index < -0.39 is 5.92 Å². The number of aliphatic hydroxyl groups is 2. The Hall–Kier alpha value is -1.43. The monoisotopic (exact) mass is 306 g/mol. The molecule has 22 heavy (non-hydrogen) atoms. The molecule has 0 amide bonds. The quantitative estimate of drug-likeness (QED) is 0.655. The van der Waals surface area contributed by atoms with Crippen LogP contribution in [0.25, 0.3) is 0 Å². The van der Waals surface area contributed by atoms with E-state index in [1.165, 1.54) is 4.90 Å². The third-order valence-corrected chi connectivity index (χ3v) is 5.24. The van der Waals surface area contributed by atoms with Crippen LogP contribution < -0.4 is 4.90 Å². The molecule has 0 aromatic heterocycles. The van der Waals surface area contributed by atoms with Crippen molar-refractivity contribution in [3.63, 3.8) is 0 Å². The van der Waals surface area contributed by atoms with Gasteiger partial charge in [-0.2, -0.15) is 0 Å². The molecule has 2 aliphatic rings. The lowest BCUT2D eigenvalue weighted by Gasteiger charge is -2.33. The van der Waals surface area contributed by atoms with Crippen molar-refractivity contribution in [1.29, 1.82) is 0 Å². The Kier molecular flexibility index (Phi) is 4.47. The van der Waals surface area contributed by atoms with Gasteiger partial charge in [-0.15, -0.1) is 0 Å². The summed E-state index contributed by atoms with van der Waals surface area (Å²) in [6, 6.07) is 9.74. The van der Waals surface area contributed by atoms with Gasteiger partial charge in [0.25, 0.3) is 0 Å². The van der Waals surface area contributed by atoms with Crippen LogP contribution in [0.4, 0.5) is 0 Å². The van der Waals surface area contributed by atoms with E-state index in [2.05, 4.69) is 7.05 Å². The maximum absolute atomic E-state index is 12.4. The standard InChI is InChI=1S/C17H23NO4/c1-18-12-7-13(9-15(18)16(20)8-12)22-17(21)14(10-19)11-5-3-2-4-6-11/h2-6,12-16,19-20H,7-10H2,1H3/p+1/t12-,13-,14-,15+,16-/m1/s1. The fourth-order valence-corrected chi connectivity index (χ4v) is 3.91. The molecule has 1 aromatic carbocycles. The number of aliphatic hydroxyl groups excluding tert-OH is 2. The van der Waals surface area contributed by atoms with E-state index in [0.29, 0.717) is 12.5 Å². The van der Waals surface area contributed by atoms with Crippen LogP contribution in [0.5, 0.6) is 0 Å². The van der Waals surface area contributed by atoms with Crippen molar-refractivity contribution in [2.24, 2.45) is 0 Å². The van der Waals surface area contributed by atoms with Crippen LogP contribution in [0.1, 0.15) is 30.7 Å². The van der Waals surface area contributed by atoms with Gasteiger partial charge >= 0.3 is 5.97 Å². The van der Waals surface area contributed by atoms with Crippen molar-refractivity contribution in [3.05, 3.63) is 35.9 Å². The van der Waals surface area contributed by atoms with E-state index >= 15 is 0 Å². The molecular weight excluding hydrogens is 282 g/mol. The fourth-order valence-electron chi connectivity index (χ4n) is 3.91. The number of carbonyl (C=O) groups is 1. The molecule has 2 heterocycles. The minimum absolute atomic E-state index is 0.152. The lowest BCUT2D eigenvalue weighted by atomic mass is 9.98. The van der Waals surface area contributed by atoms with E-state index in [4.69, 9.17) is 4.74 Å². The Labute approximate surface area is 130 Å². The number of rotatable bonds is 4. The third-order valence-electron chi connectivity index (χ3n) is 5.24. The van der Waals surface area contributed by atoms with Gasteiger partial charge in [0.2, 0.25) is 0 Å². The minimum Gasteiger partial charge on any atom is -0.461 e. The van der Waals surface area contributed by atoms with Gasteiger partial charge in [0.15, 0.2) is 0 Å². The molecule has 120 valence electrons. The summed E-state index contributed by atoms with van der Waals surface area (Å²) in [5.41, 5.74) is 0.775. The molecule has 1 unspecified atom stereocenters. The molecule has 3 rings (SSSR count). The average molecular weight is 306 g/mol. The zero-order valence-electron chi connectivity index (χ0n) is 12.8. The first kappa shape index (κ1) is 15.5. The number of ether oxygens (including phenoxy) is 1.